The lowest BCUT2D eigenvalue weighted by Gasteiger charge is -2.20. The molecular formula is C24H21F2N3O4. The number of ether oxygens (including phenoxy) is 1. The van der Waals surface area contributed by atoms with Crippen LogP contribution in [0.2, 0.25) is 0 Å². The maximum atomic E-state index is 14.3. The number of H-pyrrole nitrogens is 1. The molecule has 0 aliphatic rings. The molecule has 0 radical (unpaired) electrons. The zero-order valence-corrected chi connectivity index (χ0v) is 17.9. The monoisotopic (exact) mass is 453 g/mol. The summed E-state index contributed by atoms with van der Waals surface area (Å²) < 4.78 is 34.9. The van der Waals surface area contributed by atoms with Crippen LogP contribution in [-0.4, -0.2) is 31.4 Å². The van der Waals surface area contributed by atoms with Crippen LogP contribution in [0, 0.1) is 18.6 Å². The van der Waals surface area contributed by atoms with Crippen molar-refractivity contribution in [1.29, 1.82) is 0 Å². The normalized spacial score (nSPS) is 13.1. The van der Waals surface area contributed by atoms with Gasteiger partial charge < -0.3 is 24.0 Å². The van der Waals surface area contributed by atoms with Crippen LogP contribution in [0.4, 0.5) is 8.78 Å². The fraction of sp³-hybridized carbons (Fsp3) is 0.208. The van der Waals surface area contributed by atoms with Gasteiger partial charge in [-0.3, -0.25) is 4.79 Å². The zero-order chi connectivity index (χ0) is 23.8. The van der Waals surface area contributed by atoms with Crippen molar-refractivity contribution in [3.05, 3.63) is 82.0 Å². The van der Waals surface area contributed by atoms with Crippen molar-refractivity contribution in [3.63, 3.8) is 0 Å². The molecule has 0 saturated heterocycles. The first-order valence-electron chi connectivity index (χ1n) is 10.2. The number of nitrogens with zero attached hydrogens (tertiary/aromatic N) is 2. The molecule has 0 amide bonds. The van der Waals surface area contributed by atoms with Gasteiger partial charge >= 0.3 is 0 Å². The zero-order valence-electron chi connectivity index (χ0n) is 17.9. The highest BCUT2D eigenvalue weighted by molar-refractivity contribution is 5.74. The van der Waals surface area contributed by atoms with Gasteiger partial charge in [0.15, 0.2) is 17.9 Å². The topological polar surface area (TPSA) is 96.7 Å². The summed E-state index contributed by atoms with van der Waals surface area (Å²) in [4.78, 5) is 30.7. The molecule has 4 aromatic rings. The van der Waals surface area contributed by atoms with E-state index in [4.69, 9.17) is 4.74 Å². The van der Waals surface area contributed by atoms with Gasteiger partial charge in [0, 0.05) is 31.1 Å². The first-order valence-corrected chi connectivity index (χ1v) is 10.2. The molecule has 2 N–H and O–H groups in total. The van der Waals surface area contributed by atoms with Crippen molar-refractivity contribution in [2.45, 2.75) is 32.3 Å². The number of aryl methyl sites for hydroxylation is 1. The number of fused-ring (bicyclic) bond motifs is 1. The van der Waals surface area contributed by atoms with Crippen LogP contribution in [-0.2, 0) is 11.2 Å². The molecule has 0 spiro atoms. The molecule has 0 aliphatic heterocycles. The number of aromatic amines is 1. The number of aromatic nitrogens is 3. The number of carbonyl (C=O) groups excluding carboxylic acids is 1. The van der Waals surface area contributed by atoms with Crippen molar-refractivity contribution in [2.75, 3.05) is 0 Å². The number of halogens is 2. The van der Waals surface area contributed by atoms with Gasteiger partial charge in [0.05, 0.1) is 11.3 Å². The maximum Gasteiger partial charge on any atom is 0.272 e. The molecule has 0 saturated carbocycles. The van der Waals surface area contributed by atoms with Crippen LogP contribution in [0.1, 0.15) is 24.5 Å². The molecule has 4 rings (SSSR count). The van der Waals surface area contributed by atoms with E-state index in [0.717, 1.165) is 12.1 Å². The predicted octanol–water partition coefficient (Wildman–Crippen LogP) is 3.95. The summed E-state index contributed by atoms with van der Waals surface area (Å²) in [5.41, 5.74) is 0.702. The van der Waals surface area contributed by atoms with Gasteiger partial charge in [0.1, 0.15) is 16.9 Å². The minimum atomic E-state index is -1.57. The number of hydrogen-bond acceptors (Lipinski definition) is 5. The van der Waals surface area contributed by atoms with Crippen LogP contribution >= 0.6 is 0 Å². The standard InChI is InChI=1S/C24H21F2N3O4/c1-3-24(32,13-30)11-15-9-17(19-8-14(2)21-22(31)27-6-7-29(19)21)23(28-12-15)33-20-5-4-16(25)10-18(20)26/h4-10,12-13,32H,3,11H2,1-2H3,(H,27,31). The van der Waals surface area contributed by atoms with Crippen molar-refractivity contribution in [1.82, 2.24) is 14.4 Å². The minimum absolute atomic E-state index is 0.00105. The van der Waals surface area contributed by atoms with Gasteiger partial charge in [-0.2, -0.15) is 0 Å². The van der Waals surface area contributed by atoms with Crippen LogP contribution < -0.4 is 10.3 Å². The van der Waals surface area contributed by atoms with Crippen molar-refractivity contribution in [3.8, 4) is 22.9 Å². The van der Waals surface area contributed by atoms with E-state index in [2.05, 4.69) is 9.97 Å². The molecule has 7 nitrogen and oxygen atoms in total. The van der Waals surface area contributed by atoms with E-state index in [1.54, 1.807) is 36.6 Å². The lowest BCUT2D eigenvalue weighted by atomic mass is 9.93. The number of carbonyl (C=O) groups is 1. The maximum absolute atomic E-state index is 14.3. The van der Waals surface area contributed by atoms with Gasteiger partial charge in [-0.15, -0.1) is 0 Å². The van der Waals surface area contributed by atoms with Gasteiger partial charge in [-0.25, -0.2) is 13.8 Å². The number of hydrogen-bond donors (Lipinski definition) is 2. The molecule has 0 bridgehead atoms. The fourth-order valence-electron chi connectivity index (χ4n) is 3.68. The lowest BCUT2D eigenvalue weighted by molar-refractivity contribution is -0.124. The second kappa shape index (κ2) is 8.59. The Morgan fingerprint density at radius 1 is 1.27 bits per heavy atom. The molecule has 170 valence electrons. The Hall–Kier alpha value is -3.85. The summed E-state index contributed by atoms with van der Waals surface area (Å²) >= 11 is 0. The van der Waals surface area contributed by atoms with Gasteiger partial charge in [-0.05, 0) is 48.7 Å². The number of aliphatic hydroxyl groups is 1. The Morgan fingerprint density at radius 2 is 2.06 bits per heavy atom. The van der Waals surface area contributed by atoms with Crippen LogP contribution in [0.5, 0.6) is 11.6 Å². The Labute approximate surface area is 187 Å². The summed E-state index contributed by atoms with van der Waals surface area (Å²) in [7, 11) is 0. The highest BCUT2D eigenvalue weighted by atomic mass is 19.1. The molecular weight excluding hydrogens is 432 g/mol. The summed E-state index contributed by atoms with van der Waals surface area (Å²) in [6, 6.07) is 6.33. The SMILES string of the molecule is CCC(O)(C=O)Cc1cnc(Oc2ccc(F)cc2F)c(-c2cc(C)c3c(=O)[nH]ccn23)c1. The van der Waals surface area contributed by atoms with E-state index in [9.17, 15) is 23.5 Å². The van der Waals surface area contributed by atoms with Crippen LogP contribution in [0.25, 0.3) is 16.8 Å². The van der Waals surface area contributed by atoms with E-state index in [-0.39, 0.29) is 30.0 Å². The van der Waals surface area contributed by atoms with E-state index in [1.165, 1.54) is 12.4 Å². The number of aldehydes is 1. The summed E-state index contributed by atoms with van der Waals surface area (Å²) in [6.45, 7) is 3.46. The van der Waals surface area contributed by atoms with Crippen molar-refractivity contribution >= 4 is 11.8 Å². The minimum Gasteiger partial charge on any atom is -0.435 e. The highest BCUT2D eigenvalue weighted by Gasteiger charge is 2.26. The third kappa shape index (κ3) is 4.27. The van der Waals surface area contributed by atoms with Crippen LogP contribution in [0.15, 0.2) is 53.7 Å². The van der Waals surface area contributed by atoms with E-state index in [1.807, 2.05) is 0 Å². The molecule has 0 aliphatic carbocycles. The number of rotatable bonds is 7. The number of nitrogens with one attached hydrogen (secondary N) is 1. The summed E-state index contributed by atoms with van der Waals surface area (Å²) in [5.74, 6) is -1.87. The third-order valence-corrected chi connectivity index (χ3v) is 5.51. The molecule has 33 heavy (non-hydrogen) atoms. The predicted molar refractivity (Wildman–Crippen MR) is 117 cm³/mol. The average Bonchev–Trinajstić information content (AvgIpc) is 3.14. The second-order valence-electron chi connectivity index (χ2n) is 7.85. The lowest BCUT2D eigenvalue weighted by Crippen LogP contribution is -2.32. The molecule has 1 atom stereocenters. The Morgan fingerprint density at radius 3 is 2.76 bits per heavy atom. The van der Waals surface area contributed by atoms with Crippen molar-refractivity contribution in [2.24, 2.45) is 0 Å². The molecule has 1 unspecified atom stereocenters. The van der Waals surface area contributed by atoms with E-state index < -0.39 is 17.2 Å². The van der Waals surface area contributed by atoms with E-state index in [0.29, 0.717) is 40.3 Å². The van der Waals surface area contributed by atoms with Crippen molar-refractivity contribution < 1.29 is 23.4 Å². The molecule has 1 aromatic carbocycles. The average molecular weight is 453 g/mol. The highest BCUT2D eigenvalue weighted by Crippen LogP contribution is 2.35. The second-order valence-corrected chi connectivity index (χ2v) is 7.85. The first-order chi connectivity index (χ1) is 15.7. The molecule has 3 heterocycles. The summed E-state index contributed by atoms with van der Waals surface area (Å²) in [5, 5.41) is 10.5. The molecule has 9 heteroatoms. The fourth-order valence-corrected chi connectivity index (χ4v) is 3.68. The Balaban J connectivity index is 1.90. The first kappa shape index (κ1) is 22.3. The van der Waals surface area contributed by atoms with Gasteiger partial charge in [0.25, 0.3) is 5.56 Å². The van der Waals surface area contributed by atoms with Gasteiger partial charge in [0.2, 0.25) is 5.88 Å². The quantitative estimate of drug-likeness (QED) is 0.413. The molecule has 0 fully saturated rings. The molecule has 3 aromatic heterocycles. The third-order valence-electron chi connectivity index (χ3n) is 5.51. The Bertz CT molecular complexity index is 1410. The smallest absolute Gasteiger partial charge is 0.272 e. The van der Waals surface area contributed by atoms with Crippen LogP contribution in [0.3, 0.4) is 0 Å². The Kier molecular flexibility index (Phi) is 5.82. The largest absolute Gasteiger partial charge is 0.435 e. The summed E-state index contributed by atoms with van der Waals surface area (Å²) in [6.07, 6.45) is 5.25. The van der Waals surface area contributed by atoms with Gasteiger partial charge in [-0.1, -0.05) is 6.92 Å². The number of benzene rings is 1. The van der Waals surface area contributed by atoms with E-state index >= 15 is 0 Å². The number of pyridine rings is 1.